The number of hydrogen-bond donors (Lipinski definition) is 1. The fourth-order valence-corrected chi connectivity index (χ4v) is 4.79. The van der Waals surface area contributed by atoms with Crippen LogP contribution in [-0.2, 0) is 14.8 Å². The standard InChI is InChI=1S/C18H25N3O3S/c1-3-7-13(2)19-18(22)14-8-6-11-21(12-14)17-15-9-4-5-10-16(15)25(23,24)20-17/h4-5,9-10,13-14H,3,6-8,11-12H2,1-2H3,(H,19,22). The van der Waals surface area contributed by atoms with E-state index in [0.29, 0.717) is 17.9 Å². The van der Waals surface area contributed by atoms with Crippen molar-refractivity contribution in [1.82, 2.24) is 10.2 Å². The fourth-order valence-electron chi connectivity index (χ4n) is 3.57. The van der Waals surface area contributed by atoms with Gasteiger partial charge in [-0.25, -0.2) is 0 Å². The third-order valence-corrected chi connectivity index (χ3v) is 6.14. The Labute approximate surface area is 149 Å². The summed E-state index contributed by atoms with van der Waals surface area (Å²) in [7, 11) is -3.62. The van der Waals surface area contributed by atoms with Crippen molar-refractivity contribution in [2.75, 3.05) is 13.1 Å². The highest BCUT2D eigenvalue weighted by molar-refractivity contribution is 7.90. The topological polar surface area (TPSA) is 78.8 Å². The van der Waals surface area contributed by atoms with Crippen molar-refractivity contribution < 1.29 is 13.2 Å². The molecule has 2 unspecified atom stereocenters. The Hall–Kier alpha value is -1.89. The molecule has 0 saturated carbocycles. The number of fused-ring (bicyclic) bond motifs is 1. The lowest BCUT2D eigenvalue weighted by Crippen LogP contribution is -2.47. The zero-order valence-corrected chi connectivity index (χ0v) is 15.6. The highest BCUT2D eigenvalue weighted by atomic mass is 32.2. The normalized spacial score (nSPS) is 22.9. The SMILES string of the molecule is CCCC(C)NC(=O)C1CCCN(C2=NS(=O)(=O)c3ccccc32)C1. The van der Waals surface area contributed by atoms with Gasteiger partial charge in [0.25, 0.3) is 10.0 Å². The maximum Gasteiger partial charge on any atom is 0.285 e. The zero-order chi connectivity index (χ0) is 18.0. The number of benzene rings is 1. The molecule has 2 aliphatic heterocycles. The molecular formula is C18H25N3O3S. The predicted molar refractivity (Wildman–Crippen MR) is 97.0 cm³/mol. The van der Waals surface area contributed by atoms with Crippen LogP contribution in [0.1, 0.15) is 45.1 Å². The highest BCUT2D eigenvalue weighted by Crippen LogP contribution is 2.29. The number of carbonyl (C=O) groups is 1. The molecular weight excluding hydrogens is 338 g/mol. The Bertz CT molecular complexity index is 789. The van der Waals surface area contributed by atoms with E-state index in [1.807, 2.05) is 17.9 Å². The van der Waals surface area contributed by atoms with E-state index in [1.165, 1.54) is 0 Å². The summed E-state index contributed by atoms with van der Waals surface area (Å²) in [6, 6.07) is 7.05. The van der Waals surface area contributed by atoms with E-state index in [-0.39, 0.29) is 22.8 Å². The maximum absolute atomic E-state index is 12.5. The van der Waals surface area contributed by atoms with Crippen molar-refractivity contribution in [3.05, 3.63) is 29.8 Å². The number of carbonyl (C=O) groups excluding carboxylic acids is 1. The minimum atomic E-state index is -3.62. The average Bonchev–Trinajstić information content (AvgIpc) is 2.87. The molecule has 136 valence electrons. The fraction of sp³-hybridized carbons (Fsp3) is 0.556. The van der Waals surface area contributed by atoms with Crippen molar-refractivity contribution >= 4 is 21.8 Å². The minimum Gasteiger partial charge on any atom is -0.355 e. The van der Waals surface area contributed by atoms with Crippen molar-refractivity contribution in [3.8, 4) is 0 Å². The molecule has 0 aliphatic carbocycles. The first kappa shape index (κ1) is 17.9. The van der Waals surface area contributed by atoms with E-state index in [1.54, 1.807) is 18.2 Å². The smallest absolute Gasteiger partial charge is 0.285 e. The molecule has 3 rings (SSSR count). The largest absolute Gasteiger partial charge is 0.355 e. The van der Waals surface area contributed by atoms with Gasteiger partial charge in [-0.2, -0.15) is 8.42 Å². The van der Waals surface area contributed by atoms with Gasteiger partial charge in [0, 0.05) is 24.7 Å². The molecule has 1 saturated heterocycles. The van der Waals surface area contributed by atoms with Crippen LogP contribution in [0.15, 0.2) is 33.6 Å². The van der Waals surface area contributed by atoms with Crippen LogP contribution in [0.4, 0.5) is 0 Å². The number of amidine groups is 1. The van der Waals surface area contributed by atoms with Gasteiger partial charge in [0.2, 0.25) is 5.91 Å². The van der Waals surface area contributed by atoms with Crippen LogP contribution in [0.25, 0.3) is 0 Å². The van der Waals surface area contributed by atoms with Gasteiger partial charge in [0.1, 0.15) is 4.90 Å². The van der Waals surface area contributed by atoms with Gasteiger partial charge < -0.3 is 10.2 Å². The van der Waals surface area contributed by atoms with Crippen molar-refractivity contribution in [2.24, 2.45) is 10.3 Å². The summed E-state index contributed by atoms with van der Waals surface area (Å²) in [5, 5.41) is 3.07. The van der Waals surface area contributed by atoms with Gasteiger partial charge in [-0.1, -0.05) is 25.5 Å². The molecule has 0 bridgehead atoms. The van der Waals surface area contributed by atoms with E-state index < -0.39 is 10.0 Å². The summed E-state index contributed by atoms with van der Waals surface area (Å²) in [5.41, 5.74) is 0.642. The Morgan fingerprint density at radius 1 is 1.40 bits per heavy atom. The second-order valence-corrected chi connectivity index (χ2v) is 8.44. The Morgan fingerprint density at radius 3 is 2.92 bits per heavy atom. The molecule has 0 spiro atoms. The number of sulfonamides is 1. The van der Waals surface area contributed by atoms with Crippen LogP contribution < -0.4 is 5.32 Å². The van der Waals surface area contributed by atoms with E-state index in [4.69, 9.17) is 0 Å². The summed E-state index contributed by atoms with van der Waals surface area (Å²) in [6.07, 6.45) is 3.66. The average molecular weight is 363 g/mol. The molecule has 0 aromatic heterocycles. The Morgan fingerprint density at radius 2 is 2.16 bits per heavy atom. The van der Waals surface area contributed by atoms with E-state index in [9.17, 15) is 13.2 Å². The van der Waals surface area contributed by atoms with Crippen LogP contribution in [-0.4, -0.2) is 44.2 Å². The quantitative estimate of drug-likeness (QED) is 0.889. The van der Waals surface area contributed by atoms with Crippen LogP contribution >= 0.6 is 0 Å². The van der Waals surface area contributed by atoms with Gasteiger partial charge in [0.15, 0.2) is 5.84 Å². The lowest BCUT2D eigenvalue weighted by molar-refractivity contribution is -0.126. The summed E-state index contributed by atoms with van der Waals surface area (Å²) in [5.74, 6) is 0.404. The summed E-state index contributed by atoms with van der Waals surface area (Å²) < 4.78 is 28.5. The number of nitrogens with zero attached hydrogens (tertiary/aromatic N) is 2. The number of likely N-dealkylation sites (tertiary alicyclic amines) is 1. The third-order valence-electron chi connectivity index (χ3n) is 4.81. The number of nitrogens with one attached hydrogen (secondary N) is 1. The first-order chi connectivity index (χ1) is 11.9. The van der Waals surface area contributed by atoms with E-state index in [0.717, 1.165) is 32.2 Å². The van der Waals surface area contributed by atoms with Crippen LogP contribution in [0.3, 0.4) is 0 Å². The number of piperidine rings is 1. The van der Waals surface area contributed by atoms with E-state index in [2.05, 4.69) is 16.6 Å². The molecule has 1 aromatic rings. The molecule has 1 fully saturated rings. The van der Waals surface area contributed by atoms with Gasteiger partial charge >= 0.3 is 0 Å². The molecule has 0 radical (unpaired) electrons. The van der Waals surface area contributed by atoms with Crippen LogP contribution in [0.2, 0.25) is 0 Å². The number of rotatable bonds is 4. The van der Waals surface area contributed by atoms with Gasteiger partial charge in [0.05, 0.1) is 5.92 Å². The minimum absolute atomic E-state index is 0.0559. The molecule has 2 heterocycles. The summed E-state index contributed by atoms with van der Waals surface area (Å²) in [6.45, 7) is 5.34. The summed E-state index contributed by atoms with van der Waals surface area (Å²) >= 11 is 0. The molecule has 2 aliphatic rings. The van der Waals surface area contributed by atoms with Gasteiger partial charge in [-0.15, -0.1) is 4.40 Å². The Balaban J connectivity index is 1.75. The summed E-state index contributed by atoms with van der Waals surface area (Å²) in [4.78, 5) is 14.7. The van der Waals surface area contributed by atoms with Gasteiger partial charge in [-0.3, -0.25) is 4.79 Å². The molecule has 2 atom stereocenters. The zero-order valence-electron chi connectivity index (χ0n) is 14.7. The second kappa shape index (κ2) is 7.15. The molecule has 1 N–H and O–H groups in total. The molecule has 1 amide bonds. The predicted octanol–water partition coefficient (Wildman–Crippen LogP) is 2.15. The van der Waals surface area contributed by atoms with Gasteiger partial charge in [-0.05, 0) is 38.3 Å². The maximum atomic E-state index is 12.5. The lowest BCUT2D eigenvalue weighted by atomic mass is 9.96. The molecule has 25 heavy (non-hydrogen) atoms. The van der Waals surface area contributed by atoms with Crippen molar-refractivity contribution in [2.45, 2.75) is 50.5 Å². The lowest BCUT2D eigenvalue weighted by Gasteiger charge is -2.33. The molecule has 1 aromatic carbocycles. The third kappa shape index (κ3) is 3.71. The van der Waals surface area contributed by atoms with Crippen LogP contribution in [0.5, 0.6) is 0 Å². The second-order valence-electron chi connectivity index (χ2n) is 6.87. The van der Waals surface area contributed by atoms with Crippen LogP contribution in [0, 0.1) is 5.92 Å². The number of hydrogen-bond acceptors (Lipinski definition) is 4. The van der Waals surface area contributed by atoms with Crippen molar-refractivity contribution in [3.63, 3.8) is 0 Å². The monoisotopic (exact) mass is 363 g/mol. The first-order valence-corrected chi connectivity index (χ1v) is 10.4. The first-order valence-electron chi connectivity index (χ1n) is 8.92. The van der Waals surface area contributed by atoms with Crippen molar-refractivity contribution in [1.29, 1.82) is 0 Å². The Kier molecular flexibility index (Phi) is 5.13. The number of amides is 1. The molecule has 7 heteroatoms. The highest BCUT2D eigenvalue weighted by Gasteiger charge is 2.35. The van der Waals surface area contributed by atoms with E-state index >= 15 is 0 Å². The molecule has 6 nitrogen and oxygen atoms in total.